The number of aliphatic hydroxyl groups excluding tert-OH is 1. The number of nitrogens with zero attached hydrogens (tertiary/aromatic N) is 3. The molecule has 9 nitrogen and oxygen atoms in total. The molecule has 0 aliphatic rings. The van der Waals surface area contributed by atoms with E-state index in [1.807, 2.05) is 6.92 Å². The summed E-state index contributed by atoms with van der Waals surface area (Å²) < 4.78 is 5.23. The van der Waals surface area contributed by atoms with Crippen LogP contribution in [-0.2, 0) is 0 Å². The van der Waals surface area contributed by atoms with Crippen molar-refractivity contribution >= 4 is 39.1 Å². The maximum absolute atomic E-state index is 11.7. The quantitative estimate of drug-likeness (QED) is 0.477. The molecule has 0 radical (unpaired) electrons. The topological polar surface area (TPSA) is 149 Å². The number of primary amides is 1. The lowest BCUT2D eigenvalue weighted by Crippen LogP contribution is -2.24. The van der Waals surface area contributed by atoms with Crippen LogP contribution in [0.2, 0.25) is 0 Å². The fourth-order valence-electron chi connectivity index (χ4n) is 2.60. The fraction of sp³-hybridized carbons (Fsp3) is 0.294. The maximum Gasteiger partial charge on any atom is 0.260 e. The van der Waals surface area contributed by atoms with E-state index in [-0.39, 0.29) is 23.2 Å². The van der Waals surface area contributed by atoms with E-state index in [0.29, 0.717) is 39.6 Å². The number of amides is 1. The zero-order valence-electron chi connectivity index (χ0n) is 14.9. The molecule has 10 heteroatoms. The van der Waals surface area contributed by atoms with Crippen LogP contribution in [0.5, 0.6) is 5.75 Å². The molecule has 0 aliphatic carbocycles. The summed E-state index contributed by atoms with van der Waals surface area (Å²) in [6, 6.07) is 1.56. The average Bonchev–Trinajstić information content (AvgIpc) is 3.02. The number of pyridine rings is 1. The van der Waals surface area contributed by atoms with Crippen LogP contribution >= 0.6 is 11.3 Å². The summed E-state index contributed by atoms with van der Waals surface area (Å²) in [6.45, 7) is 1.88. The van der Waals surface area contributed by atoms with E-state index in [4.69, 9.17) is 16.2 Å². The predicted octanol–water partition coefficient (Wildman–Crippen LogP) is 1.63. The van der Waals surface area contributed by atoms with Gasteiger partial charge in [-0.3, -0.25) is 9.78 Å². The molecule has 0 aliphatic heterocycles. The number of anilines is 2. The Morgan fingerprint density at radius 2 is 2.19 bits per heavy atom. The minimum Gasteiger partial charge on any atom is -0.495 e. The number of methoxy groups -OCH3 is 1. The van der Waals surface area contributed by atoms with Crippen molar-refractivity contribution in [3.05, 3.63) is 23.3 Å². The van der Waals surface area contributed by atoms with Crippen LogP contribution in [0, 0.1) is 0 Å². The molecule has 0 aromatic carbocycles. The Balaban J connectivity index is 2.25. The number of carbonyl (C=O) groups is 1. The van der Waals surface area contributed by atoms with Crippen molar-refractivity contribution in [2.75, 3.05) is 24.8 Å². The van der Waals surface area contributed by atoms with Crippen molar-refractivity contribution in [3.63, 3.8) is 0 Å². The normalized spacial score (nSPS) is 12.1. The van der Waals surface area contributed by atoms with Crippen LogP contribution in [0.4, 0.5) is 11.6 Å². The molecule has 27 heavy (non-hydrogen) atoms. The molecule has 3 heterocycles. The van der Waals surface area contributed by atoms with Crippen molar-refractivity contribution in [2.45, 2.75) is 19.4 Å². The van der Waals surface area contributed by atoms with Crippen LogP contribution in [0.1, 0.15) is 23.0 Å². The van der Waals surface area contributed by atoms with Gasteiger partial charge in [0.2, 0.25) is 5.95 Å². The van der Waals surface area contributed by atoms with Crippen LogP contribution in [-0.4, -0.2) is 45.7 Å². The van der Waals surface area contributed by atoms with Gasteiger partial charge in [0.1, 0.15) is 15.5 Å². The highest BCUT2D eigenvalue weighted by atomic mass is 32.1. The van der Waals surface area contributed by atoms with Gasteiger partial charge >= 0.3 is 0 Å². The second-order valence-electron chi connectivity index (χ2n) is 5.83. The predicted molar refractivity (Wildman–Crippen MR) is 105 cm³/mol. The molecule has 3 aromatic rings. The molecule has 0 saturated heterocycles. The van der Waals surface area contributed by atoms with E-state index in [0.717, 1.165) is 11.3 Å². The van der Waals surface area contributed by atoms with Crippen LogP contribution in [0.15, 0.2) is 18.5 Å². The van der Waals surface area contributed by atoms with Gasteiger partial charge in [0.25, 0.3) is 5.91 Å². The Bertz CT molecular complexity index is 986. The standard InChI is InChI=1S/C17H20N6O3S/c1-3-9(7-24)21-17-22-13(8-4-10(26-2)6-20-5-8)11-12(18)14(15(19)25)27-16(11)23-17/h4-6,9,24H,3,7,18H2,1-2H3,(H2,19,25)(H,21,22,23)/t9-/m0/s1. The van der Waals surface area contributed by atoms with E-state index in [1.165, 1.54) is 0 Å². The lowest BCUT2D eigenvalue weighted by atomic mass is 10.1. The first-order valence-electron chi connectivity index (χ1n) is 8.25. The summed E-state index contributed by atoms with van der Waals surface area (Å²) in [5.74, 6) is 0.250. The van der Waals surface area contributed by atoms with Gasteiger partial charge < -0.3 is 26.6 Å². The fourth-order valence-corrected chi connectivity index (χ4v) is 3.54. The van der Waals surface area contributed by atoms with Crippen molar-refractivity contribution in [2.24, 2.45) is 5.73 Å². The minimum atomic E-state index is -0.624. The average molecular weight is 388 g/mol. The number of nitrogen functional groups attached to an aromatic ring is 1. The lowest BCUT2D eigenvalue weighted by molar-refractivity contribution is 0.100. The van der Waals surface area contributed by atoms with Gasteiger partial charge in [0, 0.05) is 11.8 Å². The highest BCUT2D eigenvalue weighted by molar-refractivity contribution is 7.21. The number of thiophene rings is 1. The summed E-state index contributed by atoms with van der Waals surface area (Å²) >= 11 is 1.10. The number of hydrogen-bond donors (Lipinski definition) is 4. The molecule has 0 fully saturated rings. The first kappa shape index (κ1) is 18.8. The molecule has 0 spiro atoms. The summed E-state index contributed by atoms with van der Waals surface area (Å²) in [5, 5.41) is 13.1. The number of fused-ring (bicyclic) bond motifs is 1. The smallest absolute Gasteiger partial charge is 0.260 e. The van der Waals surface area contributed by atoms with Crippen LogP contribution < -0.4 is 21.5 Å². The molecule has 0 bridgehead atoms. The zero-order chi connectivity index (χ0) is 19.6. The number of hydrogen-bond acceptors (Lipinski definition) is 9. The molecule has 3 rings (SSSR count). The largest absolute Gasteiger partial charge is 0.495 e. The Morgan fingerprint density at radius 1 is 1.41 bits per heavy atom. The van der Waals surface area contributed by atoms with E-state index >= 15 is 0 Å². The van der Waals surface area contributed by atoms with E-state index in [9.17, 15) is 9.90 Å². The minimum absolute atomic E-state index is 0.0624. The van der Waals surface area contributed by atoms with Gasteiger partial charge in [-0.1, -0.05) is 6.92 Å². The number of nitrogens with one attached hydrogen (secondary N) is 1. The summed E-state index contributed by atoms with van der Waals surface area (Å²) in [7, 11) is 1.54. The molecule has 6 N–H and O–H groups in total. The third-order valence-corrected chi connectivity index (χ3v) is 5.20. The highest BCUT2D eigenvalue weighted by Crippen LogP contribution is 2.39. The number of aromatic nitrogens is 3. The van der Waals surface area contributed by atoms with E-state index in [2.05, 4.69) is 20.3 Å². The maximum atomic E-state index is 11.7. The summed E-state index contributed by atoms with van der Waals surface area (Å²) in [5.41, 5.74) is 13.0. The van der Waals surface area contributed by atoms with Gasteiger partial charge in [-0.05, 0) is 12.5 Å². The van der Waals surface area contributed by atoms with Gasteiger partial charge in [-0.25, -0.2) is 9.97 Å². The molecule has 0 saturated carbocycles. The van der Waals surface area contributed by atoms with Crippen molar-refractivity contribution in [1.29, 1.82) is 0 Å². The van der Waals surface area contributed by atoms with Crippen LogP contribution in [0.3, 0.4) is 0 Å². The van der Waals surface area contributed by atoms with Crippen LogP contribution in [0.25, 0.3) is 21.5 Å². The summed E-state index contributed by atoms with van der Waals surface area (Å²) in [6.07, 6.45) is 3.89. The van der Waals surface area contributed by atoms with E-state index < -0.39 is 5.91 Å². The molecule has 1 atom stereocenters. The number of rotatable bonds is 7. The SMILES string of the molecule is CC[C@@H](CO)Nc1nc(-c2cncc(OC)c2)c2c(N)c(C(N)=O)sc2n1. The number of ether oxygens (including phenoxy) is 1. The Hall–Kier alpha value is -2.98. The van der Waals surface area contributed by atoms with Gasteiger partial charge in [-0.15, -0.1) is 11.3 Å². The molecule has 0 unspecified atom stereocenters. The second-order valence-corrected chi connectivity index (χ2v) is 6.83. The second kappa shape index (κ2) is 7.72. The van der Waals surface area contributed by atoms with Gasteiger partial charge in [0.15, 0.2) is 0 Å². The molecule has 142 valence electrons. The lowest BCUT2D eigenvalue weighted by Gasteiger charge is -2.15. The third-order valence-electron chi connectivity index (χ3n) is 4.08. The van der Waals surface area contributed by atoms with Gasteiger partial charge in [0.05, 0.1) is 42.7 Å². The number of nitrogens with two attached hydrogens (primary N) is 2. The zero-order valence-corrected chi connectivity index (χ0v) is 15.7. The number of carbonyl (C=O) groups excluding carboxylic acids is 1. The summed E-state index contributed by atoms with van der Waals surface area (Å²) in [4.78, 5) is 25.6. The molecule has 1 amide bonds. The van der Waals surface area contributed by atoms with Crippen molar-refractivity contribution in [3.8, 4) is 17.0 Å². The van der Waals surface area contributed by atoms with Crippen molar-refractivity contribution < 1.29 is 14.6 Å². The van der Waals surface area contributed by atoms with Gasteiger partial charge in [-0.2, -0.15) is 0 Å². The van der Waals surface area contributed by atoms with E-state index in [1.54, 1.807) is 25.6 Å². The Morgan fingerprint density at radius 3 is 2.81 bits per heavy atom. The monoisotopic (exact) mass is 388 g/mol. The first-order chi connectivity index (χ1) is 13.0. The molecular weight excluding hydrogens is 368 g/mol. The number of aliphatic hydroxyl groups is 1. The Kier molecular flexibility index (Phi) is 5.38. The molecular formula is C17H20N6O3S. The van der Waals surface area contributed by atoms with Crippen molar-refractivity contribution in [1.82, 2.24) is 15.0 Å². The Labute approximate surface area is 159 Å². The highest BCUT2D eigenvalue weighted by Gasteiger charge is 2.22. The third kappa shape index (κ3) is 3.62. The first-order valence-corrected chi connectivity index (χ1v) is 9.06. The molecule has 3 aromatic heterocycles.